The van der Waals surface area contributed by atoms with E-state index in [-0.39, 0.29) is 17.5 Å². The minimum absolute atomic E-state index is 0.116. The van der Waals surface area contributed by atoms with Crippen LogP contribution in [0, 0.1) is 0 Å². The van der Waals surface area contributed by atoms with Crippen molar-refractivity contribution in [2.24, 2.45) is 0 Å². The van der Waals surface area contributed by atoms with Gasteiger partial charge in [0, 0.05) is 24.5 Å². The Morgan fingerprint density at radius 1 is 1.59 bits per heavy atom. The Morgan fingerprint density at radius 3 is 2.82 bits per heavy atom. The van der Waals surface area contributed by atoms with Gasteiger partial charge in [0.15, 0.2) is 0 Å². The van der Waals surface area contributed by atoms with E-state index < -0.39 is 10.0 Å². The molecule has 1 aromatic heterocycles. The van der Waals surface area contributed by atoms with Gasteiger partial charge >= 0.3 is 0 Å². The number of aliphatic hydroxyl groups is 1. The van der Waals surface area contributed by atoms with Gasteiger partial charge in [-0.2, -0.15) is 0 Å². The van der Waals surface area contributed by atoms with Crippen LogP contribution in [0.3, 0.4) is 0 Å². The Kier molecular flexibility index (Phi) is 5.13. The van der Waals surface area contributed by atoms with Crippen LogP contribution in [0.4, 0.5) is 0 Å². The van der Waals surface area contributed by atoms with Crippen molar-refractivity contribution in [2.75, 3.05) is 13.2 Å². The van der Waals surface area contributed by atoms with Crippen molar-refractivity contribution in [1.29, 1.82) is 0 Å². The fraction of sp³-hybridized carbons (Fsp3) is 0.600. The molecule has 0 spiro atoms. The number of nitrogens with one attached hydrogen (secondary N) is 2. The summed E-state index contributed by atoms with van der Waals surface area (Å²) in [6.07, 6.45) is 1.35. The average Bonchev–Trinajstić information content (AvgIpc) is 2.75. The number of aromatic nitrogens is 1. The summed E-state index contributed by atoms with van der Waals surface area (Å²) in [7, 11) is -3.55. The van der Waals surface area contributed by atoms with E-state index in [0.717, 1.165) is 0 Å². The summed E-state index contributed by atoms with van der Waals surface area (Å²) in [5.74, 6) is 0. The average molecular weight is 262 g/mol. The monoisotopic (exact) mass is 262 g/mol. The molecule has 1 aromatic rings. The molecule has 17 heavy (non-hydrogen) atoms. The molecule has 1 unspecified atom stereocenters. The van der Waals surface area contributed by atoms with Gasteiger partial charge in [-0.1, -0.05) is 0 Å². The summed E-state index contributed by atoms with van der Waals surface area (Å²) in [4.78, 5) is 2.79. The summed E-state index contributed by atoms with van der Waals surface area (Å²) >= 11 is 0. The number of H-pyrrole nitrogens is 1. The number of hydrogen-bond donors (Lipinski definition) is 3. The van der Waals surface area contributed by atoms with Crippen molar-refractivity contribution in [1.82, 2.24) is 9.71 Å². The lowest BCUT2D eigenvalue weighted by Gasteiger charge is -2.12. The summed E-state index contributed by atoms with van der Waals surface area (Å²) in [6.45, 7) is 4.23. The predicted octanol–water partition coefficient (Wildman–Crippen LogP) is 0.210. The van der Waals surface area contributed by atoms with Crippen molar-refractivity contribution in [3.63, 3.8) is 0 Å². The van der Waals surface area contributed by atoms with E-state index in [1.807, 2.05) is 6.92 Å². The summed E-state index contributed by atoms with van der Waals surface area (Å²) in [5.41, 5.74) is 0.461. The molecule has 1 heterocycles. The first-order valence-electron chi connectivity index (χ1n) is 5.37. The molecule has 0 bridgehead atoms. The van der Waals surface area contributed by atoms with E-state index in [0.29, 0.717) is 18.9 Å². The molecular weight excluding hydrogens is 244 g/mol. The minimum atomic E-state index is -3.55. The van der Waals surface area contributed by atoms with Gasteiger partial charge in [-0.25, -0.2) is 13.1 Å². The highest BCUT2D eigenvalue weighted by Gasteiger charge is 2.18. The molecule has 0 saturated heterocycles. The Balaban J connectivity index is 2.68. The van der Waals surface area contributed by atoms with E-state index >= 15 is 0 Å². The molecule has 98 valence electrons. The lowest BCUT2D eigenvalue weighted by molar-refractivity contribution is 0.133. The zero-order valence-corrected chi connectivity index (χ0v) is 10.8. The van der Waals surface area contributed by atoms with Crippen LogP contribution in [0.15, 0.2) is 17.2 Å². The Bertz CT molecular complexity index is 441. The molecule has 0 aliphatic heterocycles. The number of rotatable bonds is 7. The highest BCUT2D eigenvalue weighted by atomic mass is 32.2. The van der Waals surface area contributed by atoms with Crippen LogP contribution in [0.1, 0.15) is 19.5 Å². The number of ether oxygens (including phenoxy) is 1. The van der Waals surface area contributed by atoms with Gasteiger partial charge in [-0.05, 0) is 19.9 Å². The molecule has 1 atom stereocenters. The standard InChI is InChI=1S/C10H18N2O4S/c1-3-16-7-8(2)12-17(14,15)10-4-9(6-13)11-5-10/h4-5,8,11-13H,3,6-7H2,1-2H3. The second kappa shape index (κ2) is 6.15. The van der Waals surface area contributed by atoms with Crippen LogP contribution in [-0.2, 0) is 21.4 Å². The number of aliphatic hydroxyl groups excluding tert-OH is 1. The van der Waals surface area contributed by atoms with Gasteiger partial charge in [0.25, 0.3) is 0 Å². The van der Waals surface area contributed by atoms with Crippen molar-refractivity contribution in [3.05, 3.63) is 18.0 Å². The van der Waals surface area contributed by atoms with E-state index in [4.69, 9.17) is 9.84 Å². The summed E-state index contributed by atoms with van der Waals surface area (Å²) < 4.78 is 31.4. The molecule has 7 heteroatoms. The van der Waals surface area contributed by atoms with Gasteiger partial charge < -0.3 is 14.8 Å². The smallest absolute Gasteiger partial charge is 0.242 e. The first kappa shape index (κ1) is 14.2. The third-order valence-electron chi connectivity index (χ3n) is 2.13. The van der Waals surface area contributed by atoms with Crippen LogP contribution in [0.25, 0.3) is 0 Å². The maximum Gasteiger partial charge on any atom is 0.242 e. The molecule has 0 fully saturated rings. The number of aromatic amines is 1. The Morgan fingerprint density at radius 2 is 2.29 bits per heavy atom. The zero-order chi connectivity index (χ0) is 12.9. The number of sulfonamides is 1. The quantitative estimate of drug-likeness (QED) is 0.655. The van der Waals surface area contributed by atoms with Crippen molar-refractivity contribution in [3.8, 4) is 0 Å². The van der Waals surface area contributed by atoms with E-state index in [9.17, 15) is 8.42 Å². The minimum Gasteiger partial charge on any atom is -0.390 e. The normalized spacial score (nSPS) is 13.8. The summed E-state index contributed by atoms with van der Waals surface area (Å²) in [5, 5.41) is 8.85. The summed E-state index contributed by atoms with van der Waals surface area (Å²) in [6, 6.07) is 1.10. The molecule has 6 nitrogen and oxygen atoms in total. The fourth-order valence-electron chi connectivity index (χ4n) is 1.33. The Hall–Kier alpha value is -0.890. The second-order valence-electron chi connectivity index (χ2n) is 3.70. The molecular formula is C10H18N2O4S. The van der Waals surface area contributed by atoms with Crippen LogP contribution < -0.4 is 4.72 Å². The van der Waals surface area contributed by atoms with Crippen LogP contribution in [-0.4, -0.2) is 37.8 Å². The molecule has 3 N–H and O–H groups in total. The molecule has 0 amide bonds. The van der Waals surface area contributed by atoms with E-state index in [2.05, 4.69) is 9.71 Å². The van der Waals surface area contributed by atoms with Crippen LogP contribution >= 0.6 is 0 Å². The molecule has 0 aliphatic carbocycles. The maximum atomic E-state index is 11.9. The van der Waals surface area contributed by atoms with E-state index in [1.54, 1.807) is 6.92 Å². The largest absolute Gasteiger partial charge is 0.390 e. The molecule has 0 radical (unpaired) electrons. The second-order valence-corrected chi connectivity index (χ2v) is 5.41. The van der Waals surface area contributed by atoms with E-state index in [1.165, 1.54) is 12.3 Å². The van der Waals surface area contributed by atoms with Crippen molar-refractivity contribution < 1.29 is 18.3 Å². The molecule has 1 rings (SSSR count). The molecule has 0 saturated carbocycles. The van der Waals surface area contributed by atoms with Gasteiger partial charge in [0.2, 0.25) is 10.0 Å². The third-order valence-corrected chi connectivity index (χ3v) is 3.69. The van der Waals surface area contributed by atoms with Gasteiger partial charge in [-0.3, -0.25) is 0 Å². The SMILES string of the molecule is CCOCC(C)NS(=O)(=O)c1c[nH]c(CO)c1. The number of hydrogen-bond acceptors (Lipinski definition) is 4. The Labute approximate surface area is 101 Å². The van der Waals surface area contributed by atoms with Gasteiger partial charge in [0.1, 0.15) is 0 Å². The predicted molar refractivity (Wildman–Crippen MR) is 63.0 cm³/mol. The van der Waals surface area contributed by atoms with Gasteiger partial charge in [-0.15, -0.1) is 0 Å². The highest BCUT2D eigenvalue weighted by Crippen LogP contribution is 2.11. The first-order valence-corrected chi connectivity index (χ1v) is 6.86. The van der Waals surface area contributed by atoms with Crippen molar-refractivity contribution in [2.45, 2.75) is 31.4 Å². The maximum absolute atomic E-state index is 11.9. The fourth-order valence-corrected chi connectivity index (χ4v) is 2.57. The topological polar surface area (TPSA) is 91.4 Å². The molecule has 0 aromatic carbocycles. The lowest BCUT2D eigenvalue weighted by atomic mass is 10.4. The highest BCUT2D eigenvalue weighted by molar-refractivity contribution is 7.89. The zero-order valence-electron chi connectivity index (χ0n) is 9.93. The van der Waals surface area contributed by atoms with Crippen LogP contribution in [0.5, 0.6) is 0 Å². The van der Waals surface area contributed by atoms with Crippen molar-refractivity contribution >= 4 is 10.0 Å². The first-order chi connectivity index (χ1) is 7.99. The van der Waals surface area contributed by atoms with Crippen LogP contribution in [0.2, 0.25) is 0 Å². The lowest BCUT2D eigenvalue weighted by Crippen LogP contribution is -2.35. The third kappa shape index (κ3) is 4.12. The van der Waals surface area contributed by atoms with Gasteiger partial charge in [0.05, 0.1) is 18.1 Å². The molecule has 0 aliphatic rings.